The van der Waals surface area contributed by atoms with E-state index in [1.807, 2.05) is 39.1 Å². The van der Waals surface area contributed by atoms with Gasteiger partial charge in [-0.25, -0.2) is 4.39 Å². The van der Waals surface area contributed by atoms with Crippen molar-refractivity contribution in [1.82, 2.24) is 5.32 Å². The van der Waals surface area contributed by atoms with Gasteiger partial charge in [-0.05, 0) is 61.3 Å². The van der Waals surface area contributed by atoms with E-state index in [9.17, 15) is 4.39 Å². The Labute approximate surface area is 125 Å². The first-order valence-corrected chi connectivity index (χ1v) is 7.28. The molecule has 1 aliphatic heterocycles. The molecule has 2 atom stereocenters. The highest BCUT2D eigenvalue weighted by atomic mass is 19.1. The van der Waals surface area contributed by atoms with Gasteiger partial charge in [0.25, 0.3) is 0 Å². The molecule has 2 nitrogen and oxygen atoms in total. The van der Waals surface area contributed by atoms with Gasteiger partial charge in [-0.3, -0.25) is 0 Å². The lowest BCUT2D eigenvalue weighted by Gasteiger charge is -2.26. The van der Waals surface area contributed by atoms with Gasteiger partial charge in [0.05, 0.1) is 6.04 Å². The number of fused-ring (bicyclic) bond motifs is 1. The Kier molecular flexibility index (Phi) is 3.68. The third kappa shape index (κ3) is 2.54. The highest BCUT2D eigenvalue weighted by Crippen LogP contribution is 2.36. The molecule has 2 aromatic carbocycles. The molecule has 0 fully saturated rings. The molecule has 110 valence electrons. The van der Waals surface area contributed by atoms with E-state index in [-0.39, 0.29) is 18.0 Å². The van der Waals surface area contributed by atoms with E-state index >= 15 is 0 Å². The van der Waals surface area contributed by atoms with Crippen molar-refractivity contribution in [3.05, 3.63) is 64.5 Å². The van der Waals surface area contributed by atoms with Crippen molar-refractivity contribution in [2.45, 2.75) is 32.4 Å². The Bertz CT molecular complexity index is 620. The first-order valence-electron chi connectivity index (χ1n) is 7.28. The summed E-state index contributed by atoms with van der Waals surface area (Å²) in [4.78, 5) is 0. The minimum Gasteiger partial charge on any atom is -0.488 e. The van der Waals surface area contributed by atoms with E-state index in [1.165, 1.54) is 5.56 Å². The minimum atomic E-state index is -0.181. The molecule has 1 heterocycles. The molecular weight excluding hydrogens is 265 g/mol. The molecule has 2 aromatic rings. The third-order valence-corrected chi connectivity index (χ3v) is 4.22. The van der Waals surface area contributed by atoms with Crippen LogP contribution in [-0.4, -0.2) is 13.2 Å². The lowest BCUT2D eigenvalue weighted by Crippen LogP contribution is -2.33. The average molecular weight is 285 g/mol. The third-order valence-electron chi connectivity index (χ3n) is 4.22. The normalized spacial score (nSPS) is 18.2. The van der Waals surface area contributed by atoms with E-state index in [0.29, 0.717) is 0 Å². The lowest BCUT2D eigenvalue weighted by molar-refractivity contribution is 0.183. The van der Waals surface area contributed by atoms with Gasteiger partial charge in [0.1, 0.15) is 17.7 Å². The second kappa shape index (κ2) is 5.49. The topological polar surface area (TPSA) is 21.3 Å². The van der Waals surface area contributed by atoms with E-state index < -0.39 is 0 Å². The molecule has 0 spiro atoms. The van der Waals surface area contributed by atoms with Crippen LogP contribution in [0.4, 0.5) is 4.39 Å². The van der Waals surface area contributed by atoms with Crippen molar-refractivity contribution in [3.8, 4) is 5.75 Å². The second-order valence-corrected chi connectivity index (χ2v) is 5.69. The smallest absolute Gasteiger partial charge is 0.123 e. The van der Waals surface area contributed by atoms with Crippen molar-refractivity contribution in [1.29, 1.82) is 0 Å². The van der Waals surface area contributed by atoms with Crippen LogP contribution in [0.5, 0.6) is 5.75 Å². The van der Waals surface area contributed by atoms with Crippen LogP contribution in [0.25, 0.3) is 0 Å². The van der Waals surface area contributed by atoms with Crippen LogP contribution in [-0.2, 0) is 6.42 Å². The van der Waals surface area contributed by atoms with Crippen LogP contribution in [0.1, 0.15) is 28.3 Å². The summed E-state index contributed by atoms with van der Waals surface area (Å²) in [6.07, 6.45) is 0.910. The van der Waals surface area contributed by atoms with Crippen LogP contribution in [0, 0.1) is 19.7 Å². The molecule has 1 aliphatic rings. The summed E-state index contributed by atoms with van der Waals surface area (Å²) in [5, 5.41) is 3.35. The quantitative estimate of drug-likeness (QED) is 0.928. The zero-order valence-corrected chi connectivity index (χ0v) is 12.6. The number of nitrogens with one attached hydrogen (secondary N) is 1. The number of aryl methyl sites for hydroxylation is 2. The molecule has 0 aromatic heterocycles. The van der Waals surface area contributed by atoms with Crippen LogP contribution in [0.15, 0.2) is 36.4 Å². The first kappa shape index (κ1) is 14.1. The van der Waals surface area contributed by atoms with E-state index in [1.54, 1.807) is 12.1 Å². The largest absolute Gasteiger partial charge is 0.488 e. The maximum Gasteiger partial charge on any atom is 0.123 e. The average Bonchev–Trinajstić information content (AvgIpc) is 2.85. The van der Waals surface area contributed by atoms with E-state index in [4.69, 9.17) is 4.74 Å². The Morgan fingerprint density at radius 1 is 1.19 bits per heavy atom. The van der Waals surface area contributed by atoms with Crippen molar-refractivity contribution in [2.24, 2.45) is 0 Å². The summed E-state index contributed by atoms with van der Waals surface area (Å²) in [5.41, 5.74) is 4.30. The molecule has 3 heteroatoms. The fraction of sp³-hybridized carbons (Fsp3) is 0.333. The summed E-state index contributed by atoms with van der Waals surface area (Å²) >= 11 is 0. The lowest BCUT2D eigenvalue weighted by atomic mass is 9.91. The van der Waals surface area contributed by atoms with Gasteiger partial charge in [-0.2, -0.15) is 0 Å². The predicted octanol–water partition coefficient (Wildman–Crippen LogP) is 3.71. The van der Waals surface area contributed by atoms with Crippen LogP contribution >= 0.6 is 0 Å². The maximum absolute atomic E-state index is 13.5. The highest BCUT2D eigenvalue weighted by Gasteiger charge is 2.32. The molecular formula is C18H20FNO. The molecule has 0 amide bonds. The zero-order chi connectivity index (χ0) is 15.0. The van der Waals surface area contributed by atoms with Gasteiger partial charge in [-0.15, -0.1) is 0 Å². The number of halogens is 1. The van der Waals surface area contributed by atoms with Crippen LogP contribution in [0.3, 0.4) is 0 Å². The van der Waals surface area contributed by atoms with Crippen molar-refractivity contribution in [2.75, 3.05) is 7.05 Å². The first-order chi connectivity index (χ1) is 10.1. The Morgan fingerprint density at radius 2 is 1.86 bits per heavy atom. The number of benzene rings is 2. The Hall–Kier alpha value is -1.87. The fourth-order valence-electron chi connectivity index (χ4n) is 3.32. The number of para-hydroxylation sites is 1. The maximum atomic E-state index is 13.5. The predicted molar refractivity (Wildman–Crippen MR) is 82.2 cm³/mol. The SMILES string of the molecule is CNC(c1c(C)cc(F)cc1C)C1Cc2ccccc2O1. The summed E-state index contributed by atoms with van der Waals surface area (Å²) in [6.45, 7) is 3.91. The molecule has 21 heavy (non-hydrogen) atoms. The van der Waals surface area contributed by atoms with Gasteiger partial charge >= 0.3 is 0 Å². The molecule has 0 saturated carbocycles. The Morgan fingerprint density at radius 3 is 2.48 bits per heavy atom. The molecule has 1 N–H and O–H groups in total. The number of ether oxygens (including phenoxy) is 1. The second-order valence-electron chi connectivity index (χ2n) is 5.69. The van der Waals surface area contributed by atoms with Crippen LogP contribution < -0.4 is 10.1 Å². The Balaban J connectivity index is 1.94. The molecule has 0 aliphatic carbocycles. The van der Waals surface area contributed by atoms with Gasteiger partial charge in [0.15, 0.2) is 0 Å². The van der Waals surface area contributed by atoms with Gasteiger partial charge in [0.2, 0.25) is 0 Å². The van der Waals surface area contributed by atoms with Crippen molar-refractivity contribution < 1.29 is 9.13 Å². The number of hydrogen-bond acceptors (Lipinski definition) is 2. The van der Waals surface area contributed by atoms with Gasteiger partial charge in [0, 0.05) is 6.42 Å². The number of rotatable bonds is 3. The number of hydrogen-bond donors (Lipinski definition) is 1. The monoisotopic (exact) mass is 285 g/mol. The summed E-state index contributed by atoms with van der Waals surface area (Å²) in [6, 6.07) is 11.4. The van der Waals surface area contributed by atoms with Gasteiger partial charge in [-0.1, -0.05) is 18.2 Å². The molecule has 3 rings (SSSR count). The fourth-order valence-corrected chi connectivity index (χ4v) is 3.32. The molecule has 0 radical (unpaired) electrons. The summed E-state index contributed by atoms with van der Waals surface area (Å²) < 4.78 is 19.6. The molecule has 0 bridgehead atoms. The summed E-state index contributed by atoms with van der Waals surface area (Å²) in [7, 11) is 1.93. The van der Waals surface area contributed by atoms with Crippen molar-refractivity contribution >= 4 is 0 Å². The van der Waals surface area contributed by atoms with E-state index in [0.717, 1.165) is 28.9 Å². The molecule has 2 unspecified atom stereocenters. The van der Waals surface area contributed by atoms with Gasteiger partial charge < -0.3 is 10.1 Å². The molecule has 0 saturated heterocycles. The standard InChI is InChI=1S/C18H20FNO/c1-11-8-14(19)9-12(2)17(11)18(20-3)16-10-13-6-4-5-7-15(13)21-16/h4-9,16,18,20H,10H2,1-3H3. The minimum absolute atomic E-state index is 0.0373. The highest BCUT2D eigenvalue weighted by molar-refractivity contribution is 5.42. The number of likely N-dealkylation sites (N-methyl/N-ethyl adjacent to an activating group) is 1. The van der Waals surface area contributed by atoms with Crippen LogP contribution in [0.2, 0.25) is 0 Å². The zero-order valence-electron chi connectivity index (χ0n) is 12.6. The summed E-state index contributed by atoms with van der Waals surface area (Å²) in [5.74, 6) is 0.777. The van der Waals surface area contributed by atoms with E-state index in [2.05, 4.69) is 11.4 Å². The van der Waals surface area contributed by atoms with Crippen molar-refractivity contribution in [3.63, 3.8) is 0 Å².